The lowest BCUT2D eigenvalue weighted by Gasteiger charge is -1.73. The van der Waals surface area contributed by atoms with Crippen molar-refractivity contribution in [2.75, 3.05) is 0 Å². The lowest BCUT2D eigenvalue weighted by Crippen LogP contribution is -1.74. The average Bonchev–Trinajstić information content (AvgIpc) is 2.14. The van der Waals surface area contributed by atoms with Crippen LogP contribution in [0.2, 0.25) is 0 Å². The quantitative estimate of drug-likeness (QED) is 0.527. The van der Waals surface area contributed by atoms with E-state index in [4.69, 9.17) is 5.26 Å². The molecule has 1 N–H and O–H groups in total. The third-order valence-corrected chi connectivity index (χ3v) is 0.937. The molecular weight excluding hydrogens is 102 g/mol. The van der Waals surface area contributed by atoms with Crippen LogP contribution in [0.25, 0.3) is 0 Å². The van der Waals surface area contributed by atoms with Crippen LogP contribution in [0.5, 0.6) is 0 Å². The zero-order valence-corrected chi connectivity index (χ0v) is 4.47. The molecule has 3 nitrogen and oxygen atoms in total. The van der Waals surface area contributed by atoms with Gasteiger partial charge in [-0.25, -0.2) is 0 Å². The second-order valence-corrected chi connectivity index (χ2v) is 1.53. The Bertz CT molecular complexity index is 218. The summed E-state index contributed by atoms with van der Waals surface area (Å²) in [6, 6.07) is 1.93. The smallest absolute Gasteiger partial charge is 0.165 e. The third-order valence-electron chi connectivity index (χ3n) is 0.937. The van der Waals surface area contributed by atoms with Crippen molar-refractivity contribution < 1.29 is 0 Å². The van der Waals surface area contributed by atoms with Crippen molar-refractivity contribution in [2.24, 2.45) is 0 Å². The van der Waals surface area contributed by atoms with Gasteiger partial charge in [0.25, 0.3) is 0 Å². The van der Waals surface area contributed by atoms with Crippen molar-refractivity contribution in [3.05, 3.63) is 17.5 Å². The van der Waals surface area contributed by atoms with Crippen LogP contribution in [0, 0.1) is 18.3 Å². The summed E-state index contributed by atoms with van der Waals surface area (Å²) in [7, 11) is 0. The van der Waals surface area contributed by atoms with Crippen molar-refractivity contribution >= 4 is 0 Å². The van der Waals surface area contributed by atoms with Gasteiger partial charge < -0.3 is 0 Å². The Labute approximate surface area is 47.0 Å². The third kappa shape index (κ3) is 0.562. The van der Waals surface area contributed by atoms with Crippen LogP contribution >= 0.6 is 0 Å². The van der Waals surface area contributed by atoms with Gasteiger partial charge in [0.05, 0.1) is 0 Å². The minimum absolute atomic E-state index is 0.477. The van der Waals surface area contributed by atoms with E-state index in [2.05, 4.69) is 10.2 Å². The number of hydrogen-bond donors (Lipinski definition) is 1. The molecule has 0 saturated heterocycles. The molecule has 0 atom stereocenters. The van der Waals surface area contributed by atoms with Crippen molar-refractivity contribution in [2.45, 2.75) is 6.92 Å². The molecule has 3 heteroatoms. The second-order valence-electron chi connectivity index (χ2n) is 1.53. The summed E-state index contributed by atoms with van der Waals surface area (Å²) in [6.45, 7) is 1.84. The van der Waals surface area contributed by atoms with Gasteiger partial charge in [0.1, 0.15) is 6.07 Å². The largest absolute Gasteiger partial charge is 0.284 e. The molecule has 1 aromatic rings. The summed E-state index contributed by atoms with van der Waals surface area (Å²) in [5.74, 6) is 0. The van der Waals surface area contributed by atoms with Crippen LogP contribution < -0.4 is 0 Å². The van der Waals surface area contributed by atoms with Crippen molar-refractivity contribution in [1.29, 1.82) is 5.26 Å². The number of nitrogens with one attached hydrogen (secondary N) is 1. The molecule has 0 amide bonds. The predicted molar refractivity (Wildman–Crippen MR) is 28.0 cm³/mol. The maximum atomic E-state index is 8.27. The van der Waals surface area contributed by atoms with E-state index in [1.807, 2.05) is 13.0 Å². The first-order chi connectivity index (χ1) is 3.84. The van der Waals surface area contributed by atoms with Crippen LogP contribution in [0.1, 0.15) is 11.3 Å². The number of aromatic nitrogens is 2. The number of rotatable bonds is 0. The molecule has 0 radical (unpaired) electrons. The van der Waals surface area contributed by atoms with E-state index in [9.17, 15) is 0 Å². The first-order valence-corrected chi connectivity index (χ1v) is 2.25. The second kappa shape index (κ2) is 1.66. The predicted octanol–water partition coefficient (Wildman–Crippen LogP) is 0.590. The molecule has 1 heterocycles. The summed E-state index contributed by atoms with van der Waals surface area (Å²) >= 11 is 0. The van der Waals surface area contributed by atoms with E-state index < -0.39 is 0 Å². The Kier molecular flexibility index (Phi) is 1.01. The number of nitriles is 1. The van der Waals surface area contributed by atoms with E-state index >= 15 is 0 Å². The highest BCUT2D eigenvalue weighted by atomic mass is 15.1. The highest BCUT2D eigenvalue weighted by Crippen LogP contribution is 1.97. The zero-order valence-electron chi connectivity index (χ0n) is 4.47. The Balaban J connectivity index is 3.15. The molecule has 0 saturated carbocycles. The molecular formula is C5H5N3. The Hall–Kier alpha value is -1.30. The Morgan fingerprint density at radius 3 is 2.88 bits per heavy atom. The molecule has 1 aromatic heterocycles. The number of H-pyrrole nitrogens is 1. The van der Waals surface area contributed by atoms with E-state index in [0.717, 1.165) is 5.56 Å². The SMILES string of the molecule is Cc1c[nH]nc1C#N. The minimum atomic E-state index is 0.477. The molecule has 0 fully saturated rings. The molecule has 0 unspecified atom stereocenters. The summed E-state index contributed by atoms with van der Waals surface area (Å²) in [6.07, 6.45) is 1.69. The van der Waals surface area contributed by atoms with Crippen LogP contribution in [0.4, 0.5) is 0 Å². The van der Waals surface area contributed by atoms with Gasteiger partial charge in [-0.15, -0.1) is 0 Å². The average molecular weight is 107 g/mol. The molecule has 8 heavy (non-hydrogen) atoms. The molecule has 0 aliphatic rings. The number of nitrogens with zero attached hydrogens (tertiary/aromatic N) is 2. The summed E-state index contributed by atoms with van der Waals surface area (Å²) in [4.78, 5) is 0. The van der Waals surface area contributed by atoms with Crippen LogP contribution in [-0.2, 0) is 0 Å². The molecule has 0 aliphatic carbocycles. The number of aryl methyl sites for hydroxylation is 1. The highest BCUT2D eigenvalue weighted by Gasteiger charge is 1.94. The lowest BCUT2D eigenvalue weighted by molar-refractivity contribution is 1.07. The van der Waals surface area contributed by atoms with Gasteiger partial charge in [0.2, 0.25) is 0 Å². The number of hydrogen-bond acceptors (Lipinski definition) is 2. The first-order valence-electron chi connectivity index (χ1n) is 2.25. The molecule has 1 rings (SSSR count). The molecule has 0 aromatic carbocycles. The van der Waals surface area contributed by atoms with Crippen molar-refractivity contribution in [1.82, 2.24) is 10.2 Å². The van der Waals surface area contributed by atoms with Crippen molar-refractivity contribution in [3.8, 4) is 6.07 Å². The zero-order chi connectivity index (χ0) is 5.98. The minimum Gasteiger partial charge on any atom is -0.284 e. The normalized spacial score (nSPS) is 8.50. The van der Waals surface area contributed by atoms with Gasteiger partial charge in [-0.1, -0.05) is 0 Å². The van der Waals surface area contributed by atoms with E-state index in [0.29, 0.717) is 5.69 Å². The van der Waals surface area contributed by atoms with E-state index in [-0.39, 0.29) is 0 Å². The maximum Gasteiger partial charge on any atom is 0.165 e. The van der Waals surface area contributed by atoms with Gasteiger partial charge >= 0.3 is 0 Å². The van der Waals surface area contributed by atoms with Gasteiger partial charge in [0.15, 0.2) is 5.69 Å². The van der Waals surface area contributed by atoms with Gasteiger partial charge in [-0.2, -0.15) is 10.4 Å². The fourth-order valence-corrected chi connectivity index (χ4v) is 0.463. The van der Waals surface area contributed by atoms with Gasteiger partial charge in [-0.05, 0) is 6.92 Å². The fourth-order valence-electron chi connectivity index (χ4n) is 0.463. The lowest BCUT2D eigenvalue weighted by atomic mass is 10.3. The Morgan fingerprint density at radius 2 is 2.62 bits per heavy atom. The van der Waals surface area contributed by atoms with E-state index in [1.54, 1.807) is 6.20 Å². The monoisotopic (exact) mass is 107 g/mol. The van der Waals surface area contributed by atoms with Crippen LogP contribution in [0.15, 0.2) is 6.20 Å². The fraction of sp³-hybridized carbons (Fsp3) is 0.200. The van der Waals surface area contributed by atoms with Crippen LogP contribution in [-0.4, -0.2) is 10.2 Å². The summed E-state index contributed by atoms with van der Waals surface area (Å²) in [5, 5.41) is 14.5. The van der Waals surface area contributed by atoms with Crippen molar-refractivity contribution in [3.63, 3.8) is 0 Å². The standard InChI is InChI=1S/C5H5N3/c1-4-3-7-8-5(4)2-6/h3H,1H3,(H,7,8). The first kappa shape index (κ1) is 4.85. The topological polar surface area (TPSA) is 52.5 Å². The Morgan fingerprint density at radius 1 is 1.88 bits per heavy atom. The summed E-state index contributed by atoms with van der Waals surface area (Å²) < 4.78 is 0. The molecule has 0 bridgehead atoms. The van der Waals surface area contributed by atoms with Gasteiger partial charge in [-0.3, -0.25) is 5.10 Å². The molecule has 0 spiro atoms. The molecule has 40 valence electrons. The maximum absolute atomic E-state index is 8.27. The highest BCUT2D eigenvalue weighted by molar-refractivity contribution is 5.26. The van der Waals surface area contributed by atoms with E-state index in [1.165, 1.54) is 0 Å². The summed E-state index contributed by atoms with van der Waals surface area (Å²) in [5.41, 5.74) is 1.37. The van der Waals surface area contributed by atoms with Gasteiger partial charge in [0, 0.05) is 11.8 Å². The molecule has 0 aliphatic heterocycles. The van der Waals surface area contributed by atoms with Crippen LogP contribution in [0.3, 0.4) is 0 Å². The number of aromatic amines is 1.